The van der Waals surface area contributed by atoms with Crippen LogP contribution in [0.3, 0.4) is 0 Å². The summed E-state index contributed by atoms with van der Waals surface area (Å²) in [6.07, 6.45) is 2.23. The maximum absolute atomic E-state index is 12.9. The first-order chi connectivity index (χ1) is 11.6. The van der Waals surface area contributed by atoms with E-state index in [1.807, 2.05) is 6.92 Å². The molecule has 2 aromatic rings. The maximum atomic E-state index is 12.9. The van der Waals surface area contributed by atoms with Crippen LogP contribution in [0.4, 0.5) is 9.52 Å². The number of ether oxygens (including phenoxy) is 1. The summed E-state index contributed by atoms with van der Waals surface area (Å²) in [5.41, 5.74) is 0. The normalized spacial score (nSPS) is 15.9. The highest BCUT2D eigenvalue weighted by Gasteiger charge is 2.24. The number of halogens is 1. The van der Waals surface area contributed by atoms with Crippen molar-refractivity contribution in [2.45, 2.75) is 25.8 Å². The molecule has 0 N–H and O–H groups in total. The molecule has 0 atom stereocenters. The summed E-state index contributed by atoms with van der Waals surface area (Å²) >= 11 is 1.66. The van der Waals surface area contributed by atoms with Crippen LogP contribution in [0, 0.1) is 12.7 Å². The molecule has 1 saturated heterocycles. The second kappa shape index (κ2) is 7.90. The number of anilines is 1. The van der Waals surface area contributed by atoms with Crippen molar-refractivity contribution in [2.24, 2.45) is 0 Å². The largest absolute Gasteiger partial charge is 0.492 e. The Labute approximate surface area is 146 Å². The number of likely N-dealkylation sites (N-methyl/N-ethyl adjacent to an activating group) is 1. The van der Waals surface area contributed by atoms with Gasteiger partial charge in [-0.15, -0.1) is 10.2 Å². The van der Waals surface area contributed by atoms with E-state index in [1.54, 1.807) is 23.5 Å². The molecule has 1 aliphatic rings. The Balaban J connectivity index is 1.40. The fourth-order valence-electron chi connectivity index (χ4n) is 2.93. The number of benzene rings is 1. The minimum atomic E-state index is -0.239. The van der Waals surface area contributed by atoms with E-state index in [9.17, 15) is 4.39 Å². The van der Waals surface area contributed by atoms with Gasteiger partial charge in [0.1, 0.15) is 23.2 Å². The molecule has 1 aromatic carbocycles. The van der Waals surface area contributed by atoms with Crippen LogP contribution in [0.15, 0.2) is 24.3 Å². The fourth-order valence-corrected chi connectivity index (χ4v) is 3.67. The molecular formula is C17H23FN4OS. The van der Waals surface area contributed by atoms with Crippen molar-refractivity contribution >= 4 is 16.5 Å². The zero-order valence-electron chi connectivity index (χ0n) is 14.1. The summed E-state index contributed by atoms with van der Waals surface area (Å²) < 4.78 is 18.5. The van der Waals surface area contributed by atoms with Gasteiger partial charge in [0.15, 0.2) is 0 Å². The van der Waals surface area contributed by atoms with Gasteiger partial charge < -0.3 is 9.64 Å². The zero-order valence-corrected chi connectivity index (χ0v) is 14.9. The monoisotopic (exact) mass is 350 g/mol. The minimum Gasteiger partial charge on any atom is -0.492 e. The number of hydrogen-bond donors (Lipinski definition) is 0. The molecule has 0 unspecified atom stereocenters. The molecule has 2 heterocycles. The Morgan fingerprint density at radius 2 is 1.96 bits per heavy atom. The molecule has 0 amide bonds. The average molecular weight is 350 g/mol. The van der Waals surface area contributed by atoms with Crippen molar-refractivity contribution in [1.82, 2.24) is 15.1 Å². The van der Waals surface area contributed by atoms with Crippen LogP contribution in [0.2, 0.25) is 0 Å². The minimum absolute atomic E-state index is 0.239. The molecule has 3 rings (SSSR count). The van der Waals surface area contributed by atoms with Gasteiger partial charge in [-0.3, -0.25) is 4.90 Å². The summed E-state index contributed by atoms with van der Waals surface area (Å²) in [4.78, 5) is 4.68. The second-order valence-corrected chi connectivity index (χ2v) is 7.26. The molecule has 0 aliphatic carbocycles. The molecular weight excluding hydrogens is 327 g/mol. The molecule has 7 heteroatoms. The molecule has 1 aliphatic heterocycles. The first kappa shape index (κ1) is 17.1. The van der Waals surface area contributed by atoms with E-state index in [4.69, 9.17) is 4.74 Å². The van der Waals surface area contributed by atoms with Crippen LogP contribution in [-0.4, -0.2) is 54.4 Å². The standard InChI is InChI=1S/C17H23FN4OS/c1-13-19-20-17(24-13)22-9-7-15(8-10-22)21(2)11-12-23-16-5-3-14(18)4-6-16/h3-6,15H,7-12H2,1-2H3. The highest BCUT2D eigenvalue weighted by atomic mass is 32.1. The molecule has 24 heavy (non-hydrogen) atoms. The Bertz CT molecular complexity index is 640. The summed E-state index contributed by atoms with van der Waals surface area (Å²) in [6, 6.07) is 6.73. The molecule has 130 valence electrons. The third-order valence-electron chi connectivity index (χ3n) is 4.40. The maximum Gasteiger partial charge on any atom is 0.208 e. The molecule has 5 nitrogen and oxygen atoms in total. The van der Waals surface area contributed by atoms with Gasteiger partial charge in [-0.25, -0.2) is 4.39 Å². The fraction of sp³-hybridized carbons (Fsp3) is 0.529. The SMILES string of the molecule is Cc1nnc(N2CCC(N(C)CCOc3ccc(F)cc3)CC2)s1. The Morgan fingerprint density at radius 1 is 1.25 bits per heavy atom. The van der Waals surface area contributed by atoms with Gasteiger partial charge in [-0.05, 0) is 51.1 Å². The lowest BCUT2D eigenvalue weighted by Crippen LogP contribution is -2.44. The van der Waals surface area contributed by atoms with Crippen LogP contribution in [0.5, 0.6) is 5.75 Å². The zero-order chi connectivity index (χ0) is 16.9. The lowest BCUT2D eigenvalue weighted by molar-refractivity contribution is 0.170. The molecule has 1 fully saturated rings. The van der Waals surface area contributed by atoms with Gasteiger partial charge in [-0.2, -0.15) is 0 Å². The smallest absolute Gasteiger partial charge is 0.208 e. The first-order valence-electron chi connectivity index (χ1n) is 8.25. The number of aromatic nitrogens is 2. The van der Waals surface area contributed by atoms with E-state index in [-0.39, 0.29) is 5.82 Å². The average Bonchev–Trinajstić information content (AvgIpc) is 3.03. The van der Waals surface area contributed by atoms with Crippen LogP contribution >= 0.6 is 11.3 Å². The molecule has 1 aromatic heterocycles. The first-order valence-corrected chi connectivity index (χ1v) is 9.07. The third-order valence-corrected chi connectivity index (χ3v) is 5.30. The highest BCUT2D eigenvalue weighted by molar-refractivity contribution is 7.15. The van der Waals surface area contributed by atoms with E-state index >= 15 is 0 Å². The van der Waals surface area contributed by atoms with Gasteiger partial charge in [0.25, 0.3) is 0 Å². The van der Waals surface area contributed by atoms with Crippen molar-refractivity contribution < 1.29 is 9.13 Å². The number of aryl methyl sites for hydroxylation is 1. The van der Waals surface area contributed by atoms with E-state index in [1.165, 1.54) is 12.1 Å². The summed E-state index contributed by atoms with van der Waals surface area (Å²) in [5.74, 6) is 0.475. The summed E-state index contributed by atoms with van der Waals surface area (Å²) in [6.45, 7) is 5.49. The predicted octanol–water partition coefficient (Wildman–Crippen LogP) is 2.97. The lowest BCUT2D eigenvalue weighted by Gasteiger charge is -2.36. The van der Waals surface area contributed by atoms with Gasteiger partial charge >= 0.3 is 0 Å². The van der Waals surface area contributed by atoms with Gasteiger partial charge in [-0.1, -0.05) is 11.3 Å². The number of piperidine rings is 1. The molecule has 0 radical (unpaired) electrons. The predicted molar refractivity (Wildman–Crippen MR) is 94.4 cm³/mol. The van der Waals surface area contributed by atoms with Crippen molar-refractivity contribution in [3.05, 3.63) is 35.1 Å². The van der Waals surface area contributed by atoms with Crippen LogP contribution in [-0.2, 0) is 0 Å². The number of hydrogen-bond acceptors (Lipinski definition) is 6. The summed E-state index contributed by atoms with van der Waals surface area (Å²) in [5, 5.41) is 10.4. The van der Waals surface area contributed by atoms with E-state index in [2.05, 4.69) is 27.0 Å². The molecule has 0 saturated carbocycles. The molecule has 0 bridgehead atoms. The number of nitrogens with zero attached hydrogens (tertiary/aromatic N) is 4. The summed E-state index contributed by atoms with van der Waals surface area (Å²) in [7, 11) is 2.14. The van der Waals surface area contributed by atoms with Crippen molar-refractivity contribution in [1.29, 1.82) is 0 Å². The second-order valence-electron chi connectivity index (χ2n) is 6.10. The Morgan fingerprint density at radius 3 is 2.58 bits per heavy atom. The van der Waals surface area contributed by atoms with Crippen molar-refractivity contribution in [3.8, 4) is 5.75 Å². The van der Waals surface area contributed by atoms with Gasteiger partial charge in [0.2, 0.25) is 5.13 Å². The highest BCUT2D eigenvalue weighted by Crippen LogP contribution is 2.24. The van der Waals surface area contributed by atoms with Gasteiger partial charge in [0.05, 0.1) is 0 Å². The van der Waals surface area contributed by atoms with E-state index < -0.39 is 0 Å². The number of rotatable bonds is 6. The Hall–Kier alpha value is -1.73. The van der Waals surface area contributed by atoms with Crippen molar-refractivity contribution in [2.75, 3.05) is 38.2 Å². The van der Waals surface area contributed by atoms with Crippen molar-refractivity contribution in [3.63, 3.8) is 0 Å². The van der Waals surface area contributed by atoms with Crippen LogP contribution in [0.1, 0.15) is 17.8 Å². The Kier molecular flexibility index (Phi) is 5.63. The molecule has 0 spiro atoms. The van der Waals surface area contributed by atoms with Crippen LogP contribution in [0.25, 0.3) is 0 Å². The lowest BCUT2D eigenvalue weighted by atomic mass is 10.0. The van der Waals surface area contributed by atoms with Gasteiger partial charge in [0, 0.05) is 25.7 Å². The quantitative estimate of drug-likeness (QED) is 0.801. The van der Waals surface area contributed by atoms with E-state index in [0.717, 1.165) is 42.6 Å². The topological polar surface area (TPSA) is 41.5 Å². The third kappa shape index (κ3) is 4.42. The van der Waals surface area contributed by atoms with Crippen LogP contribution < -0.4 is 9.64 Å². The van der Waals surface area contributed by atoms with E-state index in [0.29, 0.717) is 18.4 Å².